The second-order valence-corrected chi connectivity index (χ2v) is 4.34. The van der Waals surface area contributed by atoms with Crippen molar-refractivity contribution >= 4 is 21.3 Å². The van der Waals surface area contributed by atoms with Crippen LogP contribution in [0.1, 0.15) is 5.56 Å². The molecule has 0 heterocycles. The van der Waals surface area contributed by atoms with Crippen molar-refractivity contribution < 1.29 is 13.2 Å². The first kappa shape index (κ1) is 12.2. The van der Waals surface area contributed by atoms with Crippen molar-refractivity contribution in [3.8, 4) is 11.5 Å². The molecule has 4 nitrogen and oxygen atoms in total. The van der Waals surface area contributed by atoms with Crippen molar-refractivity contribution in [1.29, 1.82) is 0 Å². The molecule has 0 saturated heterocycles. The molecule has 0 bridgehead atoms. The molecule has 2 N–H and O–H groups in total. The third-order valence-electron chi connectivity index (χ3n) is 2.26. The maximum atomic E-state index is 10.5. The summed E-state index contributed by atoms with van der Waals surface area (Å²) in [6.07, 6.45) is 0. The summed E-state index contributed by atoms with van der Waals surface area (Å²) in [5.41, 5.74) is 6.90. The molecule has 0 aliphatic carbocycles. The predicted octanol–water partition coefficient (Wildman–Crippen LogP) is 2.09. The standard InChI is InChI=1S/C13H11NO3S/c14-12-3-1-2-4-13(12)17-11-7-5-10(6-8-11)9-18(15)16/h1-9H,14H2. The van der Waals surface area contributed by atoms with Gasteiger partial charge in [0, 0.05) is 0 Å². The lowest BCUT2D eigenvalue weighted by Crippen LogP contribution is -1.91. The molecule has 18 heavy (non-hydrogen) atoms. The molecule has 0 fully saturated rings. The molecule has 0 aliphatic heterocycles. The first-order chi connectivity index (χ1) is 8.65. The molecule has 0 atom stereocenters. The van der Waals surface area contributed by atoms with Crippen LogP contribution in [-0.4, -0.2) is 13.8 Å². The van der Waals surface area contributed by atoms with Gasteiger partial charge in [0.15, 0.2) is 0 Å². The number of ether oxygens (including phenoxy) is 1. The van der Waals surface area contributed by atoms with E-state index >= 15 is 0 Å². The highest BCUT2D eigenvalue weighted by Crippen LogP contribution is 2.26. The molecule has 92 valence electrons. The first-order valence-electron chi connectivity index (χ1n) is 5.20. The van der Waals surface area contributed by atoms with E-state index in [0.29, 0.717) is 22.7 Å². The number of hydrogen-bond donors (Lipinski definition) is 1. The van der Waals surface area contributed by atoms with Crippen LogP contribution in [0.4, 0.5) is 5.69 Å². The quantitative estimate of drug-likeness (QED) is 0.678. The fraction of sp³-hybridized carbons (Fsp3) is 0. The van der Waals surface area contributed by atoms with Gasteiger partial charge in [0.05, 0.1) is 11.1 Å². The van der Waals surface area contributed by atoms with Crippen LogP contribution < -0.4 is 10.5 Å². The van der Waals surface area contributed by atoms with Crippen LogP contribution >= 0.6 is 0 Å². The molecular weight excluding hydrogens is 250 g/mol. The molecule has 2 rings (SSSR count). The lowest BCUT2D eigenvalue weighted by atomic mass is 10.2. The zero-order valence-corrected chi connectivity index (χ0v) is 10.2. The van der Waals surface area contributed by atoms with Gasteiger partial charge in [0.1, 0.15) is 11.5 Å². The molecule has 5 heteroatoms. The highest BCUT2D eigenvalue weighted by Gasteiger charge is 2.00. The van der Waals surface area contributed by atoms with Crippen molar-refractivity contribution in [3.63, 3.8) is 0 Å². The Morgan fingerprint density at radius 3 is 2.28 bits per heavy atom. The number of anilines is 1. The minimum absolute atomic E-state index is 0.550. The highest BCUT2D eigenvalue weighted by atomic mass is 32.2. The molecule has 0 spiro atoms. The summed E-state index contributed by atoms with van der Waals surface area (Å²) in [7, 11) is -2.20. The summed E-state index contributed by atoms with van der Waals surface area (Å²) in [5, 5.41) is 1.13. The van der Waals surface area contributed by atoms with E-state index in [-0.39, 0.29) is 0 Å². The van der Waals surface area contributed by atoms with Crippen molar-refractivity contribution in [2.75, 3.05) is 5.73 Å². The second kappa shape index (κ2) is 5.37. The average Bonchev–Trinajstić information content (AvgIpc) is 2.34. The fourth-order valence-electron chi connectivity index (χ4n) is 1.43. The smallest absolute Gasteiger partial charge is 0.214 e. The van der Waals surface area contributed by atoms with Gasteiger partial charge < -0.3 is 10.5 Å². The molecule has 0 unspecified atom stereocenters. The summed E-state index contributed by atoms with van der Waals surface area (Å²) in [4.78, 5) is 0. The molecule has 2 aromatic rings. The second-order valence-electron chi connectivity index (χ2n) is 3.59. The fourth-order valence-corrected chi connectivity index (χ4v) is 1.81. The van der Waals surface area contributed by atoms with Crippen LogP contribution in [0.5, 0.6) is 11.5 Å². The Labute approximate surface area is 106 Å². The zero-order valence-electron chi connectivity index (χ0n) is 9.41. The minimum Gasteiger partial charge on any atom is -0.455 e. The first-order valence-corrected chi connectivity index (χ1v) is 6.34. The van der Waals surface area contributed by atoms with Crippen molar-refractivity contribution in [2.24, 2.45) is 0 Å². The summed E-state index contributed by atoms with van der Waals surface area (Å²) in [6.45, 7) is 0. The highest BCUT2D eigenvalue weighted by molar-refractivity contribution is 7.71. The number of nitrogens with two attached hydrogens (primary N) is 1. The Balaban J connectivity index is 2.21. The topological polar surface area (TPSA) is 69.4 Å². The number of rotatable bonds is 3. The van der Waals surface area contributed by atoms with Gasteiger partial charge in [-0.3, -0.25) is 0 Å². The third-order valence-corrected chi connectivity index (χ3v) is 2.72. The number of nitrogen functional groups attached to an aromatic ring is 1. The van der Waals surface area contributed by atoms with E-state index in [1.54, 1.807) is 36.4 Å². The Bertz CT molecular complexity index is 668. The number of para-hydroxylation sites is 2. The van der Waals surface area contributed by atoms with Gasteiger partial charge in [0.2, 0.25) is 10.3 Å². The molecule has 0 radical (unpaired) electrons. The van der Waals surface area contributed by atoms with Gasteiger partial charge in [-0.25, -0.2) is 0 Å². The van der Waals surface area contributed by atoms with Crippen LogP contribution in [0, 0.1) is 0 Å². The van der Waals surface area contributed by atoms with E-state index in [9.17, 15) is 8.42 Å². The van der Waals surface area contributed by atoms with Gasteiger partial charge in [-0.15, -0.1) is 0 Å². The van der Waals surface area contributed by atoms with E-state index in [1.165, 1.54) is 0 Å². The molecule has 0 aromatic heterocycles. The molecule has 0 aliphatic rings. The van der Waals surface area contributed by atoms with Crippen LogP contribution in [-0.2, 0) is 10.3 Å². The Morgan fingerprint density at radius 2 is 1.67 bits per heavy atom. The zero-order chi connectivity index (χ0) is 13.0. The summed E-state index contributed by atoms with van der Waals surface area (Å²) in [5.74, 6) is 1.17. The largest absolute Gasteiger partial charge is 0.455 e. The van der Waals surface area contributed by atoms with Gasteiger partial charge in [0.25, 0.3) is 0 Å². The number of hydrogen-bond acceptors (Lipinski definition) is 4. The Morgan fingerprint density at radius 1 is 1.00 bits per heavy atom. The van der Waals surface area contributed by atoms with Gasteiger partial charge in [-0.1, -0.05) is 24.3 Å². The third kappa shape index (κ3) is 3.11. The van der Waals surface area contributed by atoms with Crippen molar-refractivity contribution in [3.05, 3.63) is 54.1 Å². The lowest BCUT2D eigenvalue weighted by molar-refractivity contribution is 0.485. The lowest BCUT2D eigenvalue weighted by Gasteiger charge is -2.07. The summed E-state index contributed by atoms with van der Waals surface area (Å²) in [6, 6.07) is 13.9. The molecule has 0 amide bonds. The Hall–Kier alpha value is -2.27. The molecular formula is C13H11NO3S. The minimum atomic E-state index is -2.20. The van der Waals surface area contributed by atoms with Crippen LogP contribution in [0.15, 0.2) is 48.5 Å². The van der Waals surface area contributed by atoms with Crippen molar-refractivity contribution in [1.82, 2.24) is 0 Å². The van der Waals surface area contributed by atoms with Crippen molar-refractivity contribution in [2.45, 2.75) is 0 Å². The monoisotopic (exact) mass is 261 g/mol. The van der Waals surface area contributed by atoms with Crippen LogP contribution in [0.3, 0.4) is 0 Å². The van der Waals surface area contributed by atoms with Crippen LogP contribution in [0.25, 0.3) is 0 Å². The van der Waals surface area contributed by atoms with E-state index < -0.39 is 10.3 Å². The molecule has 2 aromatic carbocycles. The van der Waals surface area contributed by atoms with E-state index in [0.717, 1.165) is 5.37 Å². The van der Waals surface area contributed by atoms with Gasteiger partial charge >= 0.3 is 0 Å². The van der Waals surface area contributed by atoms with E-state index in [2.05, 4.69) is 0 Å². The van der Waals surface area contributed by atoms with Gasteiger partial charge in [-0.2, -0.15) is 8.42 Å². The predicted molar refractivity (Wildman–Crippen MR) is 71.5 cm³/mol. The average molecular weight is 261 g/mol. The number of benzene rings is 2. The van der Waals surface area contributed by atoms with Crippen LogP contribution in [0.2, 0.25) is 0 Å². The maximum absolute atomic E-state index is 10.5. The SMILES string of the molecule is Nc1ccccc1Oc1ccc(C=S(=O)=O)cc1. The normalized spacial score (nSPS) is 9.78. The summed E-state index contributed by atoms with van der Waals surface area (Å²) < 4.78 is 26.5. The summed E-state index contributed by atoms with van der Waals surface area (Å²) >= 11 is 0. The Kier molecular flexibility index (Phi) is 3.64. The van der Waals surface area contributed by atoms with Gasteiger partial charge in [-0.05, 0) is 29.8 Å². The van der Waals surface area contributed by atoms with E-state index in [4.69, 9.17) is 10.5 Å². The molecule has 0 saturated carbocycles. The van der Waals surface area contributed by atoms with E-state index in [1.807, 2.05) is 12.1 Å². The maximum Gasteiger partial charge on any atom is 0.214 e.